The van der Waals surface area contributed by atoms with Crippen LogP contribution in [0.25, 0.3) is 10.9 Å². The molecule has 0 saturated heterocycles. The Kier molecular flexibility index (Phi) is 1.81. The van der Waals surface area contributed by atoms with E-state index in [1.165, 1.54) is 22.0 Å². The van der Waals surface area contributed by atoms with Gasteiger partial charge in [0.05, 0.1) is 0 Å². The zero-order valence-electron chi connectivity index (χ0n) is 6.89. The molecule has 1 nitrogen and oxygen atoms in total. The zero-order chi connectivity index (χ0) is 8.55. The van der Waals surface area contributed by atoms with Crippen LogP contribution >= 0.6 is 11.6 Å². The van der Waals surface area contributed by atoms with E-state index in [-0.39, 0.29) is 0 Å². The highest BCUT2D eigenvalue weighted by Crippen LogP contribution is 2.19. The van der Waals surface area contributed by atoms with E-state index >= 15 is 0 Å². The Balaban J connectivity index is 2.71. The lowest BCUT2D eigenvalue weighted by atomic mass is 10.1. The molecule has 1 aromatic carbocycles. The summed E-state index contributed by atoms with van der Waals surface area (Å²) in [5, 5.41) is 1.27. The van der Waals surface area contributed by atoms with Crippen LogP contribution in [0, 0.1) is 6.92 Å². The third-order valence-corrected chi connectivity index (χ3v) is 2.42. The monoisotopic (exact) mass is 179 g/mol. The number of halogens is 1. The van der Waals surface area contributed by atoms with Crippen LogP contribution < -0.4 is 0 Å². The molecule has 0 radical (unpaired) electrons. The smallest absolute Gasteiger partial charge is 0.0474 e. The number of aromatic amines is 1. The molecule has 0 atom stereocenters. The van der Waals surface area contributed by atoms with Crippen molar-refractivity contribution in [2.75, 3.05) is 0 Å². The summed E-state index contributed by atoms with van der Waals surface area (Å²) in [6.45, 7) is 2.09. The minimum absolute atomic E-state index is 0.584. The van der Waals surface area contributed by atoms with Crippen LogP contribution in [-0.4, -0.2) is 4.98 Å². The molecule has 0 saturated carbocycles. The highest BCUT2D eigenvalue weighted by Gasteiger charge is 1.99. The largest absolute Gasteiger partial charge is 0.361 e. The number of nitrogens with one attached hydrogen (secondary N) is 1. The number of aromatic nitrogens is 1. The quantitative estimate of drug-likeness (QED) is 0.647. The van der Waals surface area contributed by atoms with Gasteiger partial charge >= 0.3 is 0 Å². The molecule has 2 rings (SSSR count). The number of aryl methyl sites for hydroxylation is 1. The Hall–Kier alpha value is -0.950. The van der Waals surface area contributed by atoms with Crippen LogP contribution in [0.1, 0.15) is 11.1 Å². The Morgan fingerprint density at radius 2 is 2.25 bits per heavy atom. The van der Waals surface area contributed by atoms with Gasteiger partial charge in [-0.25, -0.2) is 0 Å². The molecule has 0 spiro atoms. The van der Waals surface area contributed by atoms with Gasteiger partial charge in [0.15, 0.2) is 0 Å². The minimum atomic E-state index is 0.584. The molecule has 2 aromatic rings. The second kappa shape index (κ2) is 2.83. The van der Waals surface area contributed by atoms with E-state index < -0.39 is 0 Å². The predicted octanol–water partition coefficient (Wildman–Crippen LogP) is 3.22. The van der Waals surface area contributed by atoms with Crippen molar-refractivity contribution < 1.29 is 0 Å². The van der Waals surface area contributed by atoms with Gasteiger partial charge in [-0.3, -0.25) is 0 Å². The molecule has 2 heteroatoms. The number of rotatable bonds is 1. The molecule has 0 aliphatic carbocycles. The standard InChI is InChI=1S/C10H10ClN/c1-7-6-12-10-3-2-8(5-11)4-9(7)10/h2-4,6,12H,5H2,1H3. The number of hydrogen-bond donors (Lipinski definition) is 1. The number of hydrogen-bond acceptors (Lipinski definition) is 0. The summed E-state index contributed by atoms with van der Waals surface area (Å²) in [6, 6.07) is 6.25. The van der Waals surface area contributed by atoms with Crippen molar-refractivity contribution in [3.63, 3.8) is 0 Å². The number of H-pyrrole nitrogens is 1. The maximum Gasteiger partial charge on any atom is 0.0474 e. The first-order valence-electron chi connectivity index (χ1n) is 3.94. The Labute approximate surface area is 76.4 Å². The van der Waals surface area contributed by atoms with Crippen LogP contribution in [0.3, 0.4) is 0 Å². The molecule has 1 heterocycles. The number of alkyl halides is 1. The van der Waals surface area contributed by atoms with Crippen LogP contribution in [-0.2, 0) is 5.88 Å². The average molecular weight is 180 g/mol. The first-order chi connectivity index (χ1) is 5.81. The van der Waals surface area contributed by atoms with E-state index in [0.29, 0.717) is 5.88 Å². The molecule has 62 valence electrons. The molecular weight excluding hydrogens is 170 g/mol. The minimum Gasteiger partial charge on any atom is -0.361 e. The maximum atomic E-state index is 5.74. The zero-order valence-corrected chi connectivity index (χ0v) is 7.65. The molecule has 0 amide bonds. The molecule has 0 unspecified atom stereocenters. The fourth-order valence-corrected chi connectivity index (χ4v) is 1.56. The topological polar surface area (TPSA) is 15.8 Å². The molecule has 0 fully saturated rings. The summed E-state index contributed by atoms with van der Waals surface area (Å²) >= 11 is 5.74. The van der Waals surface area contributed by atoms with Crippen LogP contribution in [0.4, 0.5) is 0 Å². The van der Waals surface area contributed by atoms with Crippen LogP contribution in [0.5, 0.6) is 0 Å². The van der Waals surface area contributed by atoms with E-state index in [2.05, 4.69) is 24.0 Å². The summed E-state index contributed by atoms with van der Waals surface area (Å²) in [4.78, 5) is 3.20. The molecular formula is C10H10ClN. The summed E-state index contributed by atoms with van der Waals surface area (Å²) in [5.41, 5.74) is 3.63. The van der Waals surface area contributed by atoms with Gasteiger partial charge in [-0.2, -0.15) is 0 Å². The van der Waals surface area contributed by atoms with Crippen molar-refractivity contribution in [2.45, 2.75) is 12.8 Å². The second-order valence-corrected chi connectivity index (χ2v) is 3.25. The van der Waals surface area contributed by atoms with Gasteiger partial charge in [-0.1, -0.05) is 6.07 Å². The molecule has 12 heavy (non-hydrogen) atoms. The third kappa shape index (κ3) is 1.10. The lowest BCUT2D eigenvalue weighted by Gasteiger charge is -1.95. The Morgan fingerprint density at radius 1 is 1.42 bits per heavy atom. The van der Waals surface area contributed by atoms with Crippen LogP contribution in [0.2, 0.25) is 0 Å². The molecule has 1 aromatic heterocycles. The van der Waals surface area contributed by atoms with Crippen molar-refractivity contribution in [3.8, 4) is 0 Å². The Bertz CT molecular complexity index is 403. The van der Waals surface area contributed by atoms with Gasteiger partial charge in [0.2, 0.25) is 0 Å². The van der Waals surface area contributed by atoms with Gasteiger partial charge in [-0.05, 0) is 30.2 Å². The van der Waals surface area contributed by atoms with Crippen molar-refractivity contribution in [1.29, 1.82) is 0 Å². The van der Waals surface area contributed by atoms with Gasteiger partial charge in [0, 0.05) is 23.0 Å². The lowest BCUT2D eigenvalue weighted by Crippen LogP contribution is -1.76. The van der Waals surface area contributed by atoms with E-state index in [4.69, 9.17) is 11.6 Å². The second-order valence-electron chi connectivity index (χ2n) is 2.99. The van der Waals surface area contributed by atoms with Crippen molar-refractivity contribution in [3.05, 3.63) is 35.5 Å². The normalized spacial score (nSPS) is 10.8. The summed E-state index contributed by atoms with van der Waals surface area (Å²) in [6.07, 6.45) is 2.02. The summed E-state index contributed by atoms with van der Waals surface area (Å²) in [5.74, 6) is 0.584. The fraction of sp³-hybridized carbons (Fsp3) is 0.200. The Morgan fingerprint density at radius 3 is 3.00 bits per heavy atom. The first kappa shape index (κ1) is 7.69. The van der Waals surface area contributed by atoms with Crippen LogP contribution in [0.15, 0.2) is 24.4 Å². The van der Waals surface area contributed by atoms with E-state index in [1.807, 2.05) is 12.3 Å². The molecule has 1 N–H and O–H groups in total. The average Bonchev–Trinajstić information content (AvgIpc) is 2.47. The summed E-state index contributed by atoms with van der Waals surface area (Å²) < 4.78 is 0. The highest BCUT2D eigenvalue weighted by atomic mass is 35.5. The van der Waals surface area contributed by atoms with Crippen molar-refractivity contribution in [2.24, 2.45) is 0 Å². The predicted molar refractivity (Wildman–Crippen MR) is 52.6 cm³/mol. The molecule has 0 aliphatic rings. The van der Waals surface area contributed by atoms with Gasteiger partial charge in [0.1, 0.15) is 0 Å². The lowest BCUT2D eigenvalue weighted by molar-refractivity contribution is 1.41. The van der Waals surface area contributed by atoms with Gasteiger partial charge < -0.3 is 4.98 Å². The summed E-state index contributed by atoms with van der Waals surface area (Å²) in [7, 11) is 0. The SMILES string of the molecule is Cc1c[nH]c2ccc(CCl)cc12. The number of fused-ring (bicyclic) bond motifs is 1. The molecule has 0 bridgehead atoms. The number of benzene rings is 1. The van der Waals surface area contributed by atoms with E-state index in [9.17, 15) is 0 Å². The van der Waals surface area contributed by atoms with Gasteiger partial charge in [-0.15, -0.1) is 11.6 Å². The third-order valence-electron chi connectivity index (χ3n) is 2.11. The fourth-order valence-electron chi connectivity index (χ4n) is 1.39. The van der Waals surface area contributed by atoms with Crippen molar-refractivity contribution >= 4 is 22.5 Å². The first-order valence-corrected chi connectivity index (χ1v) is 4.47. The highest BCUT2D eigenvalue weighted by molar-refractivity contribution is 6.17. The van der Waals surface area contributed by atoms with E-state index in [1.54, 1.807) is 0 Å². The maximum absolute atomic E-state index is 5.74. The van der Waals surface area contributed by atoms with Gasteiger partial charge in [0.25, 0.3) is 0 Å². The van der Waals surface area contributed by atoms with E-state index in [0.717, 1.165) is 0 Å². The van der Waals surface area contributed by atoms with Crippen molar-refractivity contribution in [1.82, 2.24) is 4.98 Å². The molecule has 0 aliphatic heterocycles.